The highest BCUT2D eigenvalue weighted by atomic mass is 19.1. The minimum atomic E-state index is -0.749. The molecule has 17 heavy (non-hydrogen) atoms. The number of nitrogens with one attached hydrogen (secondary N) is 1. The molecule has 0 spiro atoms. The van der Waals surface area contributed by atoms with Crippen molar-refractivity contribution in [2.24, 2.45) is 0 Å². The smallest absolute Gasteiger partial charge is 0.265 e. The molecule has 2 aromatic rings. The van der Waals surface area contributed by atoms with Gasteiger partial charge in [0.05, 0.1) is 5.56 Å². The van der Waals surface area contributed by atoms with Crippen molar-refractivity contribution in [2.45, 2.75) is 0 Å². The number of nitrogens with zero attached hydrogens (tertiary/aromatic N) is 1. The fraction of sp³-hybridized carbons (Fsp3) is 0. The number of hydrogen-bond acceptors (Lipinski definition) is 2. The molecule has 0 saturated carbocycles. The summed E-state index contributed by atoms with van der Waals surface area (Å²) in [5.74, 6) is -1.50. The summed E-state index contributed by atoms with van der Waals surface area (Å²) in [4.78, 5) is 13.4. The van der Waals surface area contributed by atoms with Gasteiger partial charge in [-0.25, -0.2) is 8.78 Å². The van der Waals surface area contributed by atoms with E-state index in [2.05, 4.69) is 4.98 Å². The molecular formula is C12H6F2N2O. The Balaban J connectivity index is 2.70. The summed E-state index contributed by atoms with van der Waals surface area (Å²) in [5, 5.41) is 8.67. The van der Waals surface area contributed by atoms with Gasteiger partial charge in [0.15, 0.2) is 0 Å². The predicted molar refractivity (Wildman–Crippen MR) is 57.1 cm³/mol. The first-order chi connectivity index (χ1) is 8.13. The molecule has 1 heterocycles. The lowest BCUT2D eigenvalue weighted by Crippen LogP contribution is -2.09. The van der Waals surface area contributed by atoms with Crippen LogP contribution in [0.2, 0.25) is 0 Å². The number of aromatic amines is 1. The van der Waals surface area contributed by atoms with Gasteiger partial charge < -0.3 is 4.98 Å². The molecule has 0 aliphatic rings. The third-order valence-corrected chi connectivity index (χ3v) is 2.28. The average molecular weight is 232 g/mol. The standard InChI is InChI=1S/C12H6F2N2O/c13-9-2-1-3-10(14)11(9)8-4-7(5-15)12(17)16-6-8/h1-4,6H,(H,16,17). The molecule has 0 saturated heterocycles. The van der Waals surface area contributed by atoms with Gasteiger partial charge in [0, 0.05) is 11.8 Å². The Kier molecular flexibility index (Phi) is 2.71. The van der Waals surface area contributed by atoms with E-state index in [1.807, 2.05) is 0 Å². The molecule has 0 unspecified atom stereocenters. The number of halogens is 2. The van der Waals surface area contributed by atoms with Gasteiger partial charge in [-0.1, -0.05) is 6.07 Å². The number of pyridine rings is 1. The number of benzene rings is 1. The minimum absolute atomic E-state index is 0.122. The van der Waals surface area contributed by atoms with Crippen LogP contribution in [0.25, 0.3) is 11.1 Å². The van der Waals surface area contributed by atoms with E-state index < -0.39 is 17.2 Å². The van der Waals surface area contributed by atoms with E-state index in [1.54, 1.807) is 6.07 Å². The second kappa shape index (κ2) is 4.18. The van der Waals surface area contributed by atoms with Crippen LogP contribution in [0.15, 0.2) is 35.3 Å². The molecule has 1 aromatic heterocycles. The number of aromatic nitrogens is 1. The molecule has 1 N–H and O–H groups in total. The van der Waals surface area contributed by atoms with Crippen LogP contribution >= 0.6 is 0 Å². The van der Waals surface area contributed by atoms with E-state index in [0.29, 0.717) is 0 Å². The molecule has 84 valence electrons. The molecule has 0 radical (unpaired) electrons. The lowest BCUT2D eigenvalue weighted by Gasteiger charge is -2.04. The van der Waals surface area contributed by atoms with Gasteiger partial charge in [-0.2, -0.15) is 5.26 Å². The molecule has 0 atom stereocenters. The van der Waals surface area contributed by atoms with Crippen molar-refractivity contribution >= 4 is 0 Å². The number of H-pyrrole nitrogens is 1. The highest BCUT2D eigenvalue weighted by Gasteiger charge is 2.12. The van der Waals surface area contributed by atoms with Gasteiger partial charge in [0.2, 0.25) is 0 Å². The SMILES string of the molecule is N#Cc1cc(-c2c(F)cccc2F)c[nH]c1=O. The molecule has 0 aliphatic heterocycles. The Bertz CT molecular complexity index is 651. The lowest BCUT2D eigenvalue weighted by atomic mass is 10.1. The fourth-order valence-corrected chi connectivity index (χ4v) is 1.48. The maximum absolute atomic E-state index is 13.5. The highest BCUT2D eigenvalue weighted by Crippen LogP contribution is 2.24. The second-order valence-electron chi connectivity index (χ2n) is 3.34. The summed E-state index contributed by atoms with van der Waals surface area (Å²) in [6.45, 7) is 0. The van der Waals surface area contributed by atoms with Crippen molar-refractivity contribution in [1.29, 1.82) is 5.26 Å². The zero-order valence-electron chi connectivity index (χ0n) is 8.50. The highest BCUT2D eigenvalue weighted by molar-refractivity contribution is 5.65. The molecule has 2 rings (SSSR count). The molecule has 1 aromatic carbocycles. The van der Waals surface area contributed by atoms with E-state index in [9.17, 15) is 13.6 Å². The van der Waals surface area contributed by atoms with Crippen molar-refractivity contribution in [3.8, 4) is 17.2 Å². The Labute approximate surface area is 95.0 Å². The molecule has 0 fully saturated rings. The van der Waals surface area contributed by atoms with Crippen LogP contribution in [0.4, 0.5) is 8.78 Å². The number of rotatable bonds is 1. The van der Waals surface area contributed by atoms with E-state index in [4.69, 9.17) is 5.26 Å². The van der Waals surface area contributed by atoms with Gasteiger partial charge in [-0.15, -0.1) is 0 Å². The van der Waals surface area contributed by atoms with Crippen LogP contribution in [0.1, 0.15) is 5.56 Å². The van der Waals surface area contributed by atoms with Crippen LogP contribution < -0.4 is 5.56 Å². The van der Waals surface area contributed by atoms with E-state index >= 15 is 0 Å². The Hall–Kier alpha value is -2.48. The average Bonchev–Trinajstić information content (AvgIpc) is 2.31. The van der Waals surface area contributed by atoms with E-state index in [-0.39, 0.29) is 16.7 Å². The summed E-state index contributed by atoms with van der Waals surface area (Å²) in [6, 6.07) is 6.26. The Morgan fingerprint density at radius 1 is 1.24 bits per heavy atom. The number of hydrogen-bond donors (Lipinski definition) is 1. The topological polar surface area (TPSA) is 56.6 Å². The minimum Gasteiger partial charge on any atom is -0.327 e. The van der Waals surface area contributed by atoms with Gasteiger partial charge in [-0.05, 0) is 18.2 Å². The first-order valence-electron chi connectivity index (χ1n) is 4.70. The lowest BCUT2D eigenvalue weighted by molar-refractivity contribution is 0.589. The predicted octanol–water partition coefficient (Wildman–Crippen LogP) is 2.19. The molecular weight excluding hydrogens is 226 g/mol. The van der Waals surface area contributed by atoms with Crippen molar-refractivity contribution in [2.75, 3.05) is 0 Å². The maximum Gasteiger partial charge on any atom is 0.265 e. The van der Waals surface area contributed by atoms with Crippen molar-refractivity contribution in [3.05, 3.63) is 58.0 Å². The first-order valence-corrected chi connectivity index (χ1v) is 4.70. The van der Waals surface area contributed by atoms with Gasteiger partial charge >= 0.3 is 0 Å². The largest absolute Gasteiger partial charge is 0.327 e. The molecule has 0 amide bonds. The van der Waals surface area contributed by atoms with Gasteiger partial charge in [0.1, 0.15) is 23.3 Å². The van der Waals surface area contributed by atoms with Crippen LogP contribution in [0.5, 0.6) is 0 Å². The van der Waals surface area contributed by atoms with Gasteiger partial charge in [-0.3, -0.25) is 4.79 Å². The zero-order valence-corrected chi connectivity index (χ0v) is 8.50. The number of nitriles is 1. The fourth-order valence-electron chi connectivity index (χ4n) is 1.48. The normalized spacial score (nSPS) is 9.94. The van der Waals surface area contributed by atoms with Crippen LogP contribution in [-0.2, 0) is 0 Å². The third kappa shape index (κ3) is 1.93. The monoisotopic (exact) mass is 232 g/mol. The third-order valence-electron chi connectivity index (χ3n) is 2.28. The summed E-state index contributed by atoms with van der Waals surface area (Å²) in [6.07, 6.45) is 1.17. The quantitative estimate of drug-likeness (QED) is 0.819. The molecule has 3 nitrogen and oxygen atoms in total. The second-order valence-corrected chi connectivity index (χ2v) is 3.34. The van der Waals surface area contributed by atoms with E-state index in [0.717, 1.165) is 18.2 Å². The van der Waals surface area contributed by atoms with Crippen LogP contribution in [0.3, 0.4) is 0 Å². The first kappa shape index (κ1) is 11.0. The van der Waals surface area contributed by atoms with Crippen LogP contribution in [-0.4, -0.2) is 4.98 Å². The van der Waals surface area contributed by atoms with Crippen LogP contribution in [0, 0.1) is 23.0 Å². The summed E-state index contributed by atoms with van der Waals surface area (Å²) < 4.78 is 26.9. The van der Waals surface area contributed by atoms with Gasteiger partial charge in [0.25, 0.3) is 5.56 Å². The Morgan fingerprint density at radius 3 is 2.47 bits per heavy atom. The van der Waals surface area contributed by atoms with Crippen molar-refractivity contribution in [1.82, 2.24) is 4.98 Å². The zero-order chi connectivity index (χ0) is 12.4. The van der Waals surface area contributed by atoms with Crippen molar-refractivity contribution < 1.29 is 8.78 Å². The summed E-state index contributed by atoms with van der Waals surface area (Å²) >= 11 is 0. The molecule has 0 bridgehead atoms. The summed E-state index contributed by atoms with van der Waals surface area (Å²) in [7, 11) is 0. The van der Waals surface area contributed by atoms with Crippen molar-refractivity contribution in [3.63, 3.8) is 0 Å². The maximum atomic E-state index is 13.5. The molecule has 5 heteroatoms. The Morgan fingerprint density at radius 2 is 1.88 bits per heavy atom. The van der Waals surface area contributed by atoms with E-state index in [1.165, 1.54) is 12.3 Å². The molecule has 0 aliphatic carbocycles. The summed E-state index contributed by atoms with van der Waals surface area (Å²) in [5.41, 5.74) is -0.921.